The first kappa shape index (κ1) is 15.3. The molecule has 2 fully saturated rings. The second kappa shape index (κ2) is 8.26. The highest BCUT2D eigenvalue weighted by atomic mass is 15.1. The molecule has 3 atom stereocenters. The van der Waals surface area contributed by atoms with Crippen LogP contribution in [0.25, 0.3) is 0 Å². The van der Waals surface area contributed by atoms with Crippen LogP contribution in [0.15, 0.2) is 0 Å². The Morgan fingerprint density at radius 2 is 1.79 bits per heavy atom. The molecule has 112 valence electrons. The zero-order valence-electron chi connectivity index (χ0n) is 13.2. The molecule has 2 nitrogen and oxygen atoms in total. The van der Waals surface area contributed by atoms with Crippen molar-refractivity contribution in [1.82, 2.24) is 10.2 Å². The lowest BCUT2D eigenvalue weighted by Crippen LogP contribution is -2.41. The third kappa shape index (κ3) is 4.75. The van der Waals surface area contributed by atoms with E-state index in [1.54, 1.807) is 0 Å². The standard InChI is InChI=1S/C17H34N2/c1-3-15-8-7-12-19(13-11-15)14-16-9-5-4-6-10-17(16)18-2/h15-18H,3-14H2,1-2H3. The second-order valence-electron chi connectivity index (χ2n) is 6.80. The number of likely N-dealkylation sites (tertiary alicyclic amines) is 1. The van der Waals surface area contributed by atoms with Crippen molar-refractivity contribution in [1.29, 1.82) is 0 Å². The summed E-state index contributed by atoms with van der Waals surface area (Å²) in [6.45, 7) is 6.42. The van der Waals surface area contributed by atoms with Gasteiger partial charge >= 0.3 is 0 Å². The molecule has 0 aromatic carbocycles. The van der Waals surface area contributed by atoms with Crippen LogP contribution < -0.4 is 5.32 Å². The zero-order valence-corrected chi connectivity index (χ0v) is 13.2. The molecule has 2 aliphatic rings. The van der Waals surface area contributed by atoms with Crippen LogP contribution >= 0.6 is 0 Å². The highest BCUT2D eigenvalue weighted by Gasteiger charge is 2.25. The highest BCUT2D eigenvalue weighted by Crippen LogP contribution is 2.26. The summed E-state index contributed by atoms with van der Waals surface area (Å²) in [4.78, 5) is 2.77. The smallest absolute Gasteiger partial charge is 0.0104 e. The molecule has 0 bridgehead atoms. The Morgan fingerprint density at radius 1 is 0.947 bits per heavy atom. The van der Waals surface area contributed by atoms with Crippen molar-refractivity contribution in [3.05, 3.63) is 0 Å². The van der Waals surface area contributed by atoms with Crippen molar-refractivity contribution >= 4 is 0 Å². The molecule has 1 N–H and O–H groups in total. The van der Waals surface area contributed by atoms with E-state index in [1.807, 2.05) is 0 Å². The van der Waals surface area contributed by atoms with Crippen LogP contribution in [0.5, 0.6) is 0 Å². The Labute approximate surface area is 120 Å². The van der Waals surface area contributed by atoms with E-state index >= 15 is 0 Å². The molecule has 0 aromatic heterocycles. The quantitative estimate of drug-likeness (QED) is 0.781. The molecule has 2 rings (SSSR count). The lowest BCUT2D eigenvalue weighted by Gasteiger charge is -2.31. The summed E-state index contributed by atoms with van der Waals surface area (Å²) in [7, 11) is 2.17. The van der Waals surface area contributed by atoms with E-state index in [1.165, 1.54) is 77.4 Å². The maximum atomic E-state index is 3.59. The molecule has 1 aliphatic heterocycles. The van der Waals surface area contributed by atoms with Gasteiger partial charge in [0, 0.05) is 12.6 Å². The molecular weight excluding hydrogens is 232 g/mol. The summed E-state index contributed by atoms with van der Waals surface area (Å²) in [5.74, 6) is 1.89. The van der Waals surface area contributed by atoms with Gasteiger partial charge in [-0.2, -0.15) is 0 Å². The molecule has 1 saturated carbocycles. The first-order valence-electron chi connectivity index (χ1n) is 8.73. The Bertz CT molecular complexity index is 241. The summed E-state index contributed by atoms with van der Waals surface area (Å²) >= 11 is 0. The van der Waals surface area contributed by atoms with Gasteiger partial charge in [-0.05, 0) is 64.1 Å². The predicted molar refractivity (Wildman–Crippen MR) is 83.5 cm³/mol. The van der Waals surface area contributed by atoms with Crippen molar-refractivity contribution < 1.29 is 0 Å². The topological polar surface area (TPSA) is 15.3 Å². The minimum absolute atomic E-state index is 0.771. The molecule has 3 unspecified atom stereocenters. The lowest BCUT2D eigenvalue weighted by molar-refractivity contribution is 0.200. The number of hydrogen-bond donors (Lipinski definition) is 1. The van der Waals surface area contributed by atoms with E-state index in [0.717, 1.165) is 17.9 Å². The van der Waals surface area contributed by atoms with E-state index in [4.69, 9.17) is 0 Å². The monoisotopic (exact) mass is 266 g/mol. The SMILES string of the molecule is CCC1CCCN(CC2CCCCCC2NC)CC1. The third-order valence-corrected chi connectivity index (χ3v) is 5.54. The average Bonchev–Trinajstić information content (AvgIpc) is 2.79. The highest BCUT2D eigenvalue weighted by molar-refractivity contribution is 4.82. The minimum Gasteiger partial charge on any atom is -0.317 e. The van der Waals surface area contributed by atoms with E-state index in [2.05, 4.69) is 24.2 Å². The molecular formula is C17H34N2. The van der Waals surface area contributed by atoms with Crippen molar-refractivity contribution in [2.75, 3.05) is 26.7 Å². The minimum atomic E-state index is 0.771. The van der Waals surface area contributed by atoms with Gasteiger partial charge in [0.15, 0.2) is 0 Å². The normalized spacial score (nSPS) is 34.7. The van der Waals surface area contributed by atoms with Gasteiger partial charge in [0.1, 0.15) is 0 Å². The molecule has 0 aromatic rings. The maximum Gasteiger partial charge on any atom is 0.0104 e. The van der Waals surface area contributed by atoms with Gasteiger partial charge in [-0.15, -0.1) is 0 Å². The third-order valence-electron chi connectivity index (χ3n) is 5.54. The van der Waals surface area contributed by atoms with Crippen LogP contribution in [0.2, 0.25) is 0 Å². The fourth-order valence-corrected chi connectivity index (χ4v) is 4.13. The predicted octanol–water partition coefficient (Wildman–Crippen LogP) is 3.67. The van der Waals surface area contributed by atoms with E-state index in [0.29, 0.717) is 0 Å². The number of rotatable bonds is 4. The second-order valence-corrected chi connectivity index (χ2v) is 6.80. The molecule has 1 heterocycles. The van der Waals surface area contributed by atoms with E-state index in [9.17, 15) is 0 Å². The van der Waals surface area contributed by atoms with Crippen LogP contribution in [0, 0.1) is 11.8 Å². The van der Waals surface area contributed by atoms with Gasteiger partial charge in [-0.3, -0.25) is 0 Å². The van der Waals surface area contributed by atoms with Crippen molar-refractivity contribution in [2.45, 2.75) is 70.8 Å². The van der Waals surface area contributed by atoms with Crippen LogP contribution in [-0.2, 0) is 0 Å². The summed E-state index contributed by atoms with van der Waals surface area (Å²) in [5.41, 5.74) is 0. The van der Waals surface area contributed by atoms with E-state index in [-0.39, 0.29) is 0 Å². The van der Waals surface area contributed by atoms with E-state index < -0.39 is 0 Å². The summed E-state index contributed by atoms with van der Waals surface area (Å²) in [6.07, 6.45) is 12.9. The van der Waals surface area contributed by atoms with Gasteiger partial charge in [0.2, 0.25) is 0 Å². The first-order chi connectivity index (χ1) is 9.33. The molecule has 0 radical (unpaired) electrons. The molecule has 19 heavy (non-hydrogen) atoms. The largest absolute Gasteiger partial charge is 0.317 e. The zero-order chi connectivity index (χ0) is 13.5. The molecule has 1 saturated heterocycles. The molecule has 0 spiro atoms. The Hall–Kier alpha value is -0.0800. The average molecular weight is 266 g/mol. The van der Waals surface area contributed by atoms with Gasteiger partial charge in [0.05, 0.1) is 0 Å². The number of hydrogen-bond acceptors (Lipinski definition) is 2. The van der Waals surface area contributed by atoms with Crippen LogP contribution in [0.4, 0.5) is 0 Å². The lowest BCUT2D eigenvalue weighted by atomic mass is 9.94. The Kier molecular flexibility index (Phi) is 6.66. The summed E-state index contributed by atoms with van der Waals surface area (Å²) in [6, 6.07) is 0.771. The fourth-order valence-electron chi connectivity index (χ4n) is 4.13. The first-order valence-corrected chi connectivity index (χ1v) is 8.73. The summed E-state index contributed by atoms with van der Waals surface area (Å²) in [5, 5.41) is 3.59. The number of nitrogens with one attached hydrogen (secondary N) is 1. The maximum absolute atomic E-state index is 3.59. The van der Waals surface area contributed by atoms with Crippen molar-refractivity contribution in [2.24, 2.45) is 11.8 Å². The van der Waals surface area contributed by atoms with Crippen LogP contribution in [0.1, 0.15) is 64.7 Å². The van der Waals surface area contributed by atoms with Gasteiger partial charge in [-0.1, -0.05) is 32.6 Å². The number of nitrogens with zero attached hydrogens (tertiary/aromatic N) is 1. The fraction of sp³-hybridized carbons (Fsp3) is 1.00. The van der Waals surface area contributed by atoms with Crippen molar-refractivity contribution in [3.8, 4) is 0 Å². The van der Waals surface area contributed by atoms with Crippen molar-refractivity contribution in [3.63, 3.8) is 0 Å². The van der Waals surface area contributed by atoms with Crippen LogP contribution in [0.3, 0.4) is 0 Å². The van der Waals surface area contributed by atoms with Gasteiger partial charge < -0.3 is 10.2 Å². The molecule has 2 heteroatoms. The Balaban J connectivity index is 1.84. The van der Waals surface area contributed by atoms with Gasteiger partial charge in [-0.25, -0.2) is 0 Å². The molecule has 1 aliphatic carbocycles. The Morgan fingerprint density at radius 3 is 2.58 bits per heavy atom. The summed E-state index contributed by atoms with van der Waals surface area (Å²) < 4.78 is 0. The van der Waals surface area contributed by atoms with Crippen LogP contribution in [-0.4, -0.2) is 37.6 Å². The van der Waals surface area contributed by atoms with Gasteiger partial charge in [0.25, 0.3) is 0 Å². The molecule has 0 amide bonds.